The number of anilines is 1. The summed E-state index contributed by atoms with van der Waals surface area (Å²) in [4.78, 5) is 36.1. The van der Waals surface area contributed by atoms with Gasteiger partial charge in [-0.1, -0.05) is 12.1 Å². The molecule has 5 heteroatoms. The molecule has 1 N–H and O–H groups in total. The van der Waals surface area contributed by atoms with E-state index in [1.54, 1.807) is 24.3 Å². The van der Waals surface area contributed by atoms with Gasteiger partial charge in [0.25, 0.3) is 0 Å². The van der Waals surface area contributed by atoms with Crippen molar-refractivity contribution in [3.63, 3.8) is 0 Å². The quantitative estimate of drug-likeness (QED) is 0.779. The van der Waals surface area contributed by atoms with E-state index in [2.05, 4.69) is 5.32 Å². The summed E-state index contributed by atoms with van der Waals surface area (Å²) in [5.74, 6) is 1.75. The Morgan fingerprint density at radius 2 is 1.56 bits per heavy atom. The second-order valence-corrected chi connectivity index (χ2v) is 8.84. The minimum Gasteiger partial charge on any atom is -0.457 e. The average molecular weight is 369 g/mol. The maximum Gasteiger partial charge on any atom is 0.310 e. The molecule has 1 amide bonds. The van der Waals surface area contributed by atoms with Gasteiger partial charge in [0.1, 0.15) is 0 Å². The van der Waals surface area contributed by atoms with Crippen molar-refractivity contribution in [1.82, 2.24) is 0 Å². The topological polar surface area (TPSA) is 72.5 Å². The molecule has 27 heavy (non-hydrogen) atoms. The molecule has 4 bridgehead atoms. The Bertz CT molecular complexity index is 717. The highest BCUT2D eigenvalue weighted by Gasteiger charge is 2.54. The Labute approximate surface area is 159 Å². The number of carbonyl (C=O) groups excluding carboxylic acids is 3. The lowest BCUT2D eigenvalue weighted by Gasteiger charge is -2.55. The molecule has 0 heterocycles. The molecular formula is C22H27NO4. The van der Waals surface area contributed by atoms with E-state index in [1.807, 2.05) is 0 Å². The first-order valence-electron chi connectivity index (χ1n) is 9.97. The minimum atomic E-state index is -0.375. The molecule has 1 aromatic rings. The van der Waals surface area contributed by atoms with Gasteiger partial charge in [0.05, 0.1) is 6.42 Å². The molecular weight excluding hydrogens is 342 g/mol. The predicted molar refractivity (Wildman–Crippen MR) is 101 cm³/mol. The van der Waals surface area contributed by atoms with Gasteiger partial charge in [-0.3, -0.25) is 14.4 Å². The van der Waals surface area contributed by atoms with Gasteiger partial charge < -0.3 is 10.1 Å². The molecule has 0 unspecified atom stereocenters. The van der Waals surface area contributed by atoms with Gasteiger partial charge in [-0.15, -0.1) is 0 Å². The molecule has 4 saturated carbocycles. The van der Waals surface area contributed by atoms with E-state index in [1.165, 1.54) is 26.2 Å². The van der Waals surface area contributed by atoms with Crippen molar-refractivity contribution in [2.75, 3.05) is 11.9 Å². The Kier molecular flexibility index (Phi) is 4.79. The fourth-order valence-electron chi connectivity index (χ4n) is 5.88. The van der Waals surface area contributed by atoms with E-state index in [4.69, 9.17) is 4.74 Å². The number of rotatable bonds is 6. The van der Waals surface area contributed by atoms with Crippen LogP contribution in [0.25, 0.3) is 0 Å². The summed E-state index contributed by atoms with van der Waals surface area (Å²) < 4.78 is 5.33. The number of ether oxygens (including phenoxy) is 1. The Hall–Kier alpha value is -2.17. The van der Waals surface area contributed by atoms with Crippen molar-refractivity contribution in [2.45, 2.75) is 51.9 Å². The third-order valence-corrected chi connectivity index (χ3v) is 6.62. The predicted octanol–water partition coefficient (Wildman–Crippen LogP) is 3.52. The molecule has 4 aliphatic rings. The zero-order valence-electron chi connectivity index (χ0n) is 15.8. The smallest absolute Gasteiger partial charge is 0.310 e. The lowest BCUT2D eigenvalue weighted by molar-refractivity contribution is -0.157. The van der Waals surface area contributed by atoms with Crippen LogP contribution in [0.4, 0.5) is 5.69 Å². The number of amides is 1. The Morgan fingerprint density at radius 1 is 1.00 bits per heavy atom. The third kappa shape index (κ3) is 3.92. The normalized spacial score (nSPS) is 30.8. The van der Waals surface area contributed by atoms with Crippen LogP contribution in [0.5, 0.6) is 0 Å². The second kappa shape index (κ2) is 7.10. The maximum atomic E-state index is 12.9. The average Bonchev–Trinajstić information content (AvgIpc) is 2.60. The van der Waals surface area contributed by atoms with E-state index in [0.29, 0.717) is 23.4 Å². The summed E-state index contributed by atoms with van der Waals surface area (Å²) in [6.45, 7) is 1.36. The lowest BCUT2D eigenvalue weighted by Crippen LogP contribution is -2.51. The van der Waals surface area contributed by atoms with Crippen molar-refractivity contribution in [2.24, 2.45) is 23.2 Å². The van der Waals surface area contributed by atoms with Crippen molar-refractivity contribution < 1.29 is 19.1 Å². The first-order valence-corrected chi connectivity index (χ1v) is 9.97. The number of esters is 1. The fourth-order valence-corrected chi connectivity index (χ4v) is 5.88. The van der Waals surface area contributed by atoms with Crippen LogP contribution in [0.1, 0.15) is 51.0 Å². The zero-order valence-corrected chi connectivity index (χ0v) is 15.8. The number of hydrogen-bond donors (Lipinski definition) is 1. The molecule has 144 valence electrons. The summed E-state index contributed by atoms with van der Waals surface area (Å²) >= 11 is 0. The van der Waals surface area contributed by atoms with Crippen molar-refractivity contribution >= 4 is 23.3 Å². The van der Waals surface area contributed by atoms with E-state index in [9.17, 15) is 14.4 Å². The Morgan fingerprint density at radius 3 is 2.07 bits per heavy atom. The molecule has 0 spiro atoms. The number of ketones is 1. The highest BCUT2D eigenvalue weighted by Crippen LogP contribution is 2.60. The first kappa shape index (κ1) is 18.2. The Balaban J connectivity index is 1.29. The SMILES string of the molecule is CC(=O)Nc1ccc(CC(=O)OCC(=O)C23CC4CC(CC(C4)C2)C3)cc1. The summed E-state index contributed by atoms with van der Waals surface area (Å²) in [5.41, 5.74) is 1.28. The molecule has 1 aromatic carbocycles. The van der Waals surface area contributed by atoms with E-state index < -0.39 is 0 Å². The molecule has 0 saturated heterocycles. The van der Waals surface area contributed by atoms with Crippen LogP contribution in [0.15, 0.2) is 24.3 Å². The highest BCUT2D eigenvalue weighted by molar-refractivity contribution is 5.89. The van der Waals surface area contributed by atoms with Gasteiger partial charge in [-0.2, -0.15) is 0 Å². The monoisotopic (exact) mass is 369 g/mol. The molecule has 0 aliphatic heterocycles. The summed E-state index contributed by atoms with van der Waals surface area (Å²) in [5, 5.41) is 2.69. The highest BCUT2D eigenvalue weighted by atomic mass is 16.5. The van der Waals surface area contributed by atoms with Gasteiger partial charge in [-0.25, -0.2) is 0 Å². The minimum absolute atomic E-state index is 0.0883. The first-order chi connectivity index (χ1) is 12.9. The molecule has 5 rings (SSSR count). The number of carbonyl (C=O) groups is 3. The van der Waals surface area contributed by atoms with Gasteiger partial charge in [0.15, 0.2) is 12.4 Å². The van der Waals surface area contributed by atoms with Crippen LogP contribution in [-0.2, 0) is 25.5 Å². The maximum absolute atomic E-state index is 12.9. The summed E-state index contributed by atoms with van der Waals surface area (Å²) in [6.07, 6.45) is 7.01. The van der Waals surface area contributed by atoms with Crippen LogP contribution >= 0.6 is 0 Å². The second-order valence-electron chi connectivity index (χ2n) is 8.84. The van der Waals surface area contributed by atoms with Crippen LogP contribution in [0.2, 0.25) is 0 Å². The van der Waals surface area contributed by atoms with Crippen molar-refractivity contribution in [3.05, 3.63) is 29.8 Å². The molecule has 4 aliphatic carbocycles. The number of nitrogens with one attached hydrogen (secondary N) is 1. The number of Topliss-reactive ketones (excluding diaryl/α,β-unsaturated/α-hetero) is 1. The van der Waals surface area contributed by atoms with E-state index in [0.717, 1.165) is 24.8 Å². The van der Waals surface area contributed by atoms with Gasteiger partial charge in [-0.05, 0) is 74.0 Å². The third-order valence-electron chi connectivity index (χ3n) is 6.62. The van der Waals surface area contributed by atoms with E-state index in [-0.39, 0.29) is 36.1 Å². The summed E-state index contributed by atoms with van der Waals surface area (Å²) in [7, 11) is 0. The lowest BCUT2D eigenvalue weighted by atomic mass is 9.48. The number of benzene rings is 1. The molecule has 0 atom stereocenters. The van der Waals surface area contributed by atoms with Crippen molar-refractivity contribution in [1.29, 1.82) is 0 Å². The van der Waals surface area contributed by atoms with Crippen LogP contribution in [0, 0.1) is 23.2 Å². The fraction of sp³-hybridized carbons (Fsp3) is 0.591. The molecule has 0 radical (unpaired) electrons. The van der Waals surface area contributed by atoms with Crippen LogP contribution in [-0.4, -0.2) is 24.3 Å². The summed E-state index contributed by atoms with van der Waals surface area (Å²) in [6, 6.07) is 7.08. The van der Waals surface area contributed by atoms with Gasteiger partial charge in [0, 0.05) is 18.0 Å². The van der Waals surface area contributed by atoms with E-state index >= 15 is 0 Å². The van der Waals surface area contributed by atoms with Gasteiger partial charge in [0.2, 0.25) is 5.91 Å². The largest absolute Gasteiger partial charge is 0.457 e. The zero-order chi connectivity index (χ0) is 19.0. The van der Waals surface area contributed by atoms with Crippen LogP contribution in [0.3, 0.4) is 0 Å². The molecule has 4 fully saturated rings. The molecule has 5 nitrogen and oxygen atoms in total. The van der Waals surface area contributed by atoms with Crippen molar-refractivity contribution in [3.8, 4) is 0 Å². The molecule has 0 aromatic heterocycles. The van der Waals surface area contributed by atoms with Crippen LogP contribution < -0.4 is 5.32 Å². The standard InChI is InChI=1S/C22H27NO4/c1-14(24)23-19-4-2-15(3-5-19)9-21(26)27-13-20(25)22-10-16-6-17(11-22)8-18(7-16)12-22/h2-5,16-18H,6-13H2,1H3,(H,23,24). The number of hydrogen-bond acceptors (Lipinski definition) is 4. The van der Waals surface area contributed by atoms with Gasteiger partial charge >= 0.3 is 5.97 Å².